The fourth-order valence-electron chi connectivity index (χ4n) is 2.26. The van der Waals surface area contributed by atoms with E-state index in [9.17, 15) is 14.7 Å². The molecule has 2 aliphatic rings. The number of rotatable bonds is 2. The number of carbonyl (C=O) groups excluding carboxylic acids is 1. The number of carboxylic acid groups (broad SMARTS) is 1. The maximum Gasteiger partial charge on any atom is 0.326 e. The van der Waals surface area contributed by atoms with Gasteiger partial charge < -0.3 is 19.8 Å². The summed E-state index contributed by atoms with van der Waals surface area (Å²) in [6.45, 7) is 1.02. The second kappa shape index (κ2) is 4.39. The van der Waals surface area contributed by atoms with Crippen LogP contribution in [-0.4, -0.2) is 58.9 Å². The van der Waals surface area contributed by atoms with Crippen LogP contribution in [0.3, 0.4) is 0 Å². The number of ether oxygens (including phenoxy) is 1. The molecule has 2 rings (SSSR count). The summed E-state index contributed by atoms with van der Waals surface area (Å²) in [7, 11) is 0. The molecule has 2 fully saturated rings. The summed E-state index contributed by atoms with van der Waals surface area (Å²) in [5.74, 6) is -1.50. The Morgan fingerprint density at radius 2 is 2.12 bits per heavy atom. The Balaban J connectivity index is 2.06. The van der Waals surface area contributed by atoms with Crippen LogP contribution < -0.4 is 0 Å². The SMILES string of the molecule is O=C(O)[C@@H]1C[C@H](O)CN1C(=O)C1CCOC1. The molecule has 2 saturated heterocycles. The van der Waals surface area contributed by atoms with Crippen LogP contribution in [0.2, 0.25) is 0 Å². The predicted octanol–water partition coefficient (Wildman–Crippen LogP) is -0.931. The van der Waals surface area contributed by atoms with E-state index in [1.165, 1.54) is 4.90 Å². The van der Waals surface area contributed by atoms with E-state index in [2.05, 4.69) is 0 Å². The van der Waals surface area contributed by atoms with Crippen molar-refractivity contribution in [3.8, 4) is 0 Å². The highest BCUT2D eigenvalue weighted by atomic mass is 16.5. The Hall–Kier alpha value is -1.14. The molecule has 1 amide bonds. The van der Waals surface area contributed by atoms with E-state index < -0.39 is 18.1 Å². The average molecular weight is 229 g/mol. The van der Waals surface area contributed by atoms with Crippen molar-refractivity contribution in [3.63, 3.8) is 0 Å². The molecule has 0 spiro atoms. The largest absolute Gasteiger partial charge is 0.480 e. The highest BCUT2D eigenvalue weighted by Crippen LogP contribution is 2.23. The van der Waals surface area contributed by atoms with Gasteiger partial charge in [-0.05, 0) is 6.42 Å². The standard InChI is InChI=1S/C10H15NO5/c12-7-3-8(10(14)15)11(4-7)9(13)6-1-2-16-5-6/h6-8,12H,1-5H2,(H,14,15)/t6?,7-,8-/m0/s1. The minimum absolute atomic E-state index is 0.117. The summed E-state index contributed by atoms with van der Waals surface area (Å²) >= 11 is 0. The zero-order valence-electron chi connectivity index (χ0n) is 8.83. The lowest BCUT2D eigenvalue weighted by molar-refractivity contribution is -0.149. The Kier molecular flexibility index (Phi) is 3.11. The Bertz CT molecular complexity index is 300. The van der Waals surface area contributed by atoms with E-state index in [4.69, 9.17) is 9.84 Å². The molecule has 3 atom stereocenters. The molecule has 2 aliphatic heterocycles. The summed E-state index contributed by atoms with van der Waals surface area (Å²) in [5, 5.41) is 18.4. The number of β-amino-alcohol motifs (C(OH)–C–C–N with tert-alkyl or cyclic N) is 1. The Labute approximate surface area is 92.8 Å². The number of aliphatic carboxylic acids is 1. The summed E-state index contributed by atoms with van der Waals surface area (Å²) in [5.41, 5.74) is 0. The summed E-state index contributed by atoms with van der Waals surface area (Å²) < 4.78 is 5.10. The van der Waals surface area contributed by atoms with Crippen LogP contribution >= 0.6 is 0 Å². The number of likely N-dealkylation sites (tertiary alicyclic amines) is 1. The molecule has 90 valence electrons. The lowest BCUT2D eigenvalue weighted by Crippen LogP contribution is -2.43. The van der Waals surface area contributed by atoms with E-state index in [0.717, 1.165) is 0 Å². The molecule has 2 heterocycles. The van der Waals surface area contributed by atoms with Crippen molar-refractivity contribution in [1.29, 1.82) is 0 Å². The lowest BCUT2D eigenvalue weighted by atomic mass is 10.1. The monoisotopic (exact) mass is 229 g/mol. The molecule has 0 radical (unpaired) electrons. The number of carbonyl (C=O) groups is 2. The van der Waals surface area contributed by atoms with Crippen LogP contribution in [0, 0.1) is 5.92 Å². The number of hydrogen-bond acceptors (Lipinski definition) is 4. The van der Waals surface area contributed by atoms with Gasteiger partial charge in [-0.1, -0.05) is 0 Å². The zero-order valence-corrected chi connectivity index (χ0v) is 8.83. The second-order valence-corrected chi connectivity index (χ2v) is 4.29. The first kappa shape index (κ1) is 11.3. The molecule has 0 aliphatic carbocycles. The van der Waals surface area contributed by atoms with Gasteiger partial charge in [0.25, 0.3) is 0 Å². The first-order chi connectivity index (χ1) is 7.59. The van der Waals surface area contributed by atoms with Crippen molar-refractivity contribution in [2.24, 2.45) is 5.92 Å². The van der Waals surface area contributed by atoms with Gasteiger partial charge in [0, 0.05) is 19.6 Å². The van der Waals surface area contributed by atoms with Crippen LogP contribution in [0.15, 0.2) is 0 Å². The van der Waals surface area contributed by atoms with Gasteiger partial charge in [0.1, 0.15) is 6.04 Å². The normalized spacial score (nSPS) is 34.3. The first-order valence-corrected chi connectivity index (χ1v) is 5.38. The van der Waals surface area contributed by atoms with Crippen molar-refractivity contribution in [2.45, 2.75) is 25.0 Å². The lowest BCUT2D eigenvalue weighted by Gasteiger charge is -2.23. The molecular formula is C10H15NO5. The fraction of sp³-hybridized carbons (Fsp3) is 0.800. The maximum atomic E-state index is 12.0. The Morgan fingerprint density at radius 3 is 2.69 bits per heavy atom. The van der Waals surface area contributed by atoms with Crippen molar-refractivity contribution in [2.75, 3.05) is 19.8 Å². The first-order valence-electron chi connectivity index (χ1n) is 5.38. The molecule has 0 bridgehead atoms. The average Bonchev–Trinajstić information content (AvgIpc) is 2.84. The second-order valence-electron chi connectivity index (χ2n) is 4.29. The minimum Gasteiger partial charge on any atom is -0.480 e. The predicted molar refractivity (Wildman–Crippen MR) is 52.7 cm³/mol. The van der Waals surface area contributed by atoms with Crippen molar-refractivity contribution in [1.82, 2.24) is 4.90 Å². The van der Waals surface area contributed by atoms with Crippen molar-refractivity contribution in [3.05, 3.63) is 0 Å². The molecule has 0 aromatic carbocycles. The highest BCUT2D eigenvalue weighted by Gasteiger charge is 2.41. The molecule has 0 saturated carbocycles. The molecule has 0 aromatic rings. The van der Waals surface area contributed by atoms with E-state index in [-0.39, 0.29) is 24.8 Å². The third-order valence-corrected chi connectivity index (χ3v) is 3.13. The molecule has 2 N–H and O–H groups in total. The quantitative estimate of drug-likeness (QED) is 0.638. The van der Waals surface area contributed by atoms with Gasteiger partial charge in [0.2, 0.25) is 5.91 Å². The third kappa shape index (κ3) is 2.03. The van der Waals surface area contributed by atoms with Crippen LogP contribution in [0.4, 0.5) is 0 Å². The van der Waals surface area contributed by atoms with Gasteiger partial charge >= 0.3 is 5.97 Å². The summed E-state index contributed by atoms with van der Waals surface area (Å²) in [6, 6.07) is -0.886. The van der Waals surface area contributed by atoms with E-state index in [1.807, 2.05) is 0 Å². The van der Waals surface area contributed by atoms with Gasteiger partial charge in [0.05, 0.1) is 18.6 Å². The molecule has 0 aromatic heterocycles. The summed E-state index contributed by atoms with van der Waals surface area (Å²) in [4.78, 5) is 24.2. The number of amides is 1. The third-order valence-electron chi connectivity index (χ3n) is 3.13. The van der Waals surface area contributed by atoms with Gasteiger partial charge in [-0.2, -0.15) is 0 Å². The molecule has 6 heteroatoms. The van der Waals surface area contributed by atoms with Gasteiger partial charge in [-0.15, -0.1) is 0 Å². The van der Waals surface area contributed by atoms with Gasteiger partial charge in [0.15, 0.2) is 0 Å². The van der Waals surface area contributed by atoms with Crippen LogP contribution in [0.25, 0.3) is 0 Å². The number of carboxylic acids is 1. The smallest absolute Gasteiger partial charge is 0.326 e. The number of aliphatic hydroxyl groups excluding tert-OH is 1. The molecule has 1 unspecified atom stereocenters. The van der Waals surface area contributed by atoms with Crippen molar-refractivity contribution < 1.29 is 24.5 Å². The van der Waals surface area contributed by atoms with E-state index in [0.29, 0.717) is 19.6 Å². The highest BCUT2D eigenvalue weighted by molar-refractivity contribution is 5.86. The Morgan fingerprint density at radius 1 is 1.38 bits per heavy atom. The zero-order chi connectivity index (χ0) is 11.7. The van der Waals surface area contributed by atoms with Crippen LogP contribution in [-0.2, 0) is 14.3 Å². The molecule has 6 nitrogen and oxygen atoms in total. The minimum atomic E-state index is -1.05. The topological polar surface area (TPSA) is 87.1 Å². The molecule has 16 heavy (non-hydrogen) atoms. The van der Waals surface area contributed by atoms with Crippen LogP contribution in [0.5, 0.6) is 0 Å². The van der Waals surface area contributed by atoms with Crippen molar-refractivity contribution >= 4 is 11.9 Å². The van der Waals surface area contributed by atoms with Gasteiger partial charge in [-0.3, -0.25) is 4.79 Å². The number of hydrogen-bond donors (Lipinski definition) is 2. The van der Waals surface area contributed by atoms with E-state index in [1.54, 1.807) is 0 Å². The fourth-order valence-corrected chi connectivity index (χ4v) is 2.26. The number of nitrogens with zero attached hydrogens (tertiary/aromatic N) is 1. The van der Waals surface area contributed by atoms with Gasteiger partial charge in [-0.25, -0.2) is 4.79 Å². The number of aliphatic hydroxyl groups is 1. The van der Waals surface area contributed by atoms with Crippen LogP contribution in [0.1, 0.15) is 12.8 Å². The van der Waals surface area contributed by atoms with E-state index >= 15 is 0 Å². The molecular weight excluding hydrogens is 214 g/mol. The summed E-state index contributed by atoms with van der Waals surface area (Å²) in [6.07, 6.45) is 0.0271. The maximum absolute atomic E-state index is 12.0.